The van der Waals surface area contributed by atoms with Crippen LogP contribution in [0.2, 0.25) is 0 Å². The Hall–Kier alpha value is -0.900. The monoisotopic (exact) mass is 237 g/mol. The molecule has 1 saturated heterocycles. The normalized spacial score (nSPS) is 21.7. The van der Waals surface area contributed by atoms with Gasteiger partial charge < -0.3 is 9.84 Å². The fourth-order valence-electron chi connectivity index (χ4n) is 2.17. The highest BCUT2D eigenvalue weighted by molar-refractivity contribution is 4.94. The standard InChI is InChI=1S/C13H23N3O/c1-10(2)7-8-12-15-13(17-16-12)11-6-4-3-5-9-14-11/h10-11,14H,3-9H2,1-2H3. The highest BCUT2D eigenvalue weighted by Crippen LogP contribution is 2.21. The molecule has 2 rings (SSSR count). The second-order valence-electron chi connectivity index (χ2n) is 5.34. The van der Waals surface area contributed by atoms with Crippen LogP contribution < -0.4 is 5.32 Å². The summed E-state index contributed by atoms with van der Waals surface area (Å²) in [5.41, 5.74) is 0. The average Bonchev–Trinajstić information content (AvgIpc) is 2.60. The van der Waals surface area contributed by atoms with E-state index in [4.69, 9.17) is 4.52 Å². The highest BCUT2D eigenvalue weighted by atomic mass is 16.5. The molecule has 4 nitrogen and oxygen atoms in total. The van der Waals surface area contributed by atoms with Crippen molar-refractivity contribution < 1.29 is 4.52 Å². The molecule has 0 radical (unpaired) electrons. The van der Waals surface area contributed by atoms with Crippen molar-refractivity contribution in [2.45, 2.75) is 58.4 Å². The van der Waals surface area contributed by atoms with Crippen LogP contribution in [0, 0.1) is 5.92 Å². The minimum atomic E-state index is 0.276. The molecule has 1 aromatic heterocycles. The van der Waals surface area contributed by atoms with E-state index in [1.54, 1.807) is 0 Å². The highest BCUT2D eigenvalue weighted by Gasteiger charge is 2.19. The number of hydrogen-bond donors (Lipinski definition) is 1. The van der Waals surface area contributed by atoms with E-state index in [2.05, 4.69) is 29.3 Å². The van der Waals surface area contributed by atoms with E-state index in [0.717, 1.165) is 37.5 Å². The molecule has 1 fully saturated rings. The van der Waals surface area contributed by atoms with Crippen molar-refractivity contribution in [2.75, 3.05) is 6.54 Å². The number of hydrogen-bond acceptors (Lipinski definition) is 4. The van der Waals surface area contributed by atoms with Gasteiger partial charge in [0.1, 0.15) is 0 Å². The molecule has 1 aliphatic rings. The Morgan fingerprint density at radius 1 is 1.35 bits per heavy atom. The van der Waals surface area contributed by atoms with Gasteiger partial charge in [0.2, 0.25) is 5.89 Å². The van der Waals surface area contributed by atoms with Crippen molar-refractivity contribution in [1.82, 2.24) is 15.5 Å². The van der Waals surface area contributed by atoms with Gasteiger partial charge in [-0.2, -0.15) is 4.98 Å². The second-order valence-corrected chi connectivity index (χ2v) is 5.34. The molecule has 17 heavy (non-hydrogen) atoms. The van der Waals surface area contributed by atoms with Gasteiger partial charge in [-0.05, 0) is 31.7 Å². The summed E-state index contributed by atoms with van der Waals surface area (Å²) in [4.78, 5) is 4.51. The van der Waals surface area contributed by atoms with Gasteiger partial charge in [-0.3, -0.25) is 0 Å². The van der Waals surface area contributed by atoms with Crippen molar-refractivity contribution in [3.05, 3.63) is 11.7 Å². The van der Waals surface area contributed by atoms with Gasteiger partial charge in [0.25, 0.3) is 0 Å². The maximum atomic E-state index is 5.37. The van der Waals surface area contributed by atoms with Crippen LogP contribution in [0.15, 0.2) is 4.52 Å². The Labute approximate surface area is 103 Å². The Balaban J connectivity index is 1.92. The molecule has 4 heteroatoms. The fraction of sp³-hybridized carbons (Fsp3) is 0.846. The third-order valence-electron chi connectivity index (χ3n) is 3.29. The van der Waals surface area contributed by atoms with Gasteiger partial charge in [-0.15, -0.1) is 0 Å². The van der Waals surface area contributed by atoms with Gasteiger partial charge in [-0.1, -0.05) is 31.8 Å². The molecule has 1 atom stereocenters. The zero-order valence-corrected chi connectivity index (χ0v) is 10.9. The third-order valence-corrected chi connectivity index (χ3v) is 3.29. The molecule has 0 aliphatic carbocycles. The Bertz CT molecular complexity index is 327. The van der Waals surface area contributed by atoms with E-state index in [0.29, 0.717) is 5.92 Å². The van der Waals surface area contributed by atoms with Crippen LogP contribution in [0.4, 0.5) is 0 Å². The first-order chi connectivity index (χ1) is 8.25. The SMILES string of the molecule is CC(C)CCc1noc(C2CCCCCN2)n1. The van der Waals surface area contributed by atoms with Gasteiger partial charge >= 0.3 is 0 Å². The fourth-order valence-corrected chi connectivity index (χ4v) is 2.17. The molecule has 1 N–H and O–H groups in total. The van der Waals surface area contributed by atoms with Crippen molar-refractivity contribution in [1.29, 1.82) is 0 Å². The van der Waals surface area contributed by atoms with Crippen LogP contribution >= 0.6 is 0 Å². The lowest BCUT2D eigenvalue weighted by Crippen LogP contribution is -2.20. The van der Waals surface area contributed by atoms with E-state index in [9.17, 15) is 0 Å². The molecule has 96 valence electrons. The summed E-state index contributed by atoms with van der Waals surface area (Å²) >= 11 is 0. The smallest absolute Gasteiger partial charge is 0.243 e. The zero-order valence-electron chi connectivity index (χ0n) is 10.9. The Morgan fingerprint density at radius 2 is 2.24 bits per heavy atom. The van der Waals surface area contributed by atoms with Crippen LogP contribution in [0.5, 0.6) is 0 Å². The maximum Gasteiger partial charge on any atom is 0.243 e. The van der Waals surface area contributed by atoms with E-state index in [-0.39, 0.29) is 6.04 Å². The molecular weight excluding hydrogens is 214 g/mol. The van der Waals surface area contributed by atoms with Gasteiger partial charge in [0, 0.05) is 6.42 Å². The Morgan fingerprint density at radius 3 is 3.06 bits per heavy atom. The van der Waals surface area contributed by atoms with Crippen LogP contribution in [0.3, 0.4) is 0 Å². The molecule has 1 aromatic rings. The van der Waals surface area contributed by atoms with E-state index in [1.165, 1.54) is 19.3 Å². The first-order valence-electron chi connectivity index (χ1n) is 6.81. The third kappa shape index (κ3) is 3.80. The second kappa shape index (κ2) is 6.15. The van der Waals surface area contributed by atoms with Gasteiger partial charge in [0.15, 0.2) is 5.82 Å². The molecular formula is C13H23N3O. The molecule has 2 heterocycles. The van der Waals surface area contributed by atoms with E-state index < -0.39 is 0 Å². The average molecular weight is 237 g/mol. The van der Waals surface area contributed by atoms with Crippen LogP contribution in [-0.4, -0.2) is 16.7 Å². The summed E-state index contributed by atoms with van der Waals surface area (Å²) in [6.45, 7) is 5.50. The quantitative estimate of drug-likeness (QED) is 0.874. The van der Waals surface area contributed by atoms with Crippen molar-refractivity contribution in [2.24, 2.45) is 5.92 Å². The van der Waals surface area contributed by atoms with Crippen LogP contribution in [-0.2, 0) is 6.42 Å². The van der Waals surface area contributed by atoms with Crippen LogP contribution in [0.25, 0.3) is 0 Å². The number of aromatic nitrogens is 2. The zero-order chi connectivity index (χ0) is 12.1. The molecule has 0 aromatic carbocycles. The number of aryl methyl sites for hydroxylation is 1. The largest absolute Gasteiger partial charge is 0.338 e. The van der Waals surface area contributed by atoms with Gasteiger partial charge in [-0.25, -0.2) is 0 Å². The Kier molecular flexibility index (Phi) is 4.54. The lowest BCUT2D eigenvalue weighted by Gasteiger charge is -2.09. The van der Waals surface area contributed by atoms with Crippen LogP contribution in [0.1, 0.15) is 63.7 Å². The number of rotatable bonds is 4. The van der Waals surface area contributed by atoms with Crippen molar-refractivity contribution in [3.63, 3.8) is 0 Å². The number of nitrogens with zero attached hydrogens (tertiary/aromatic N) is 2. The van der Waals surface area contributed by atoms with E-state index >= 15 is 0 Å². The predicted molar refractivity (Wildman–Crippen MR) is 66.7 cm³/mol. The minimum Gasteiger partial charge on any atom is -0.338 e. The van der Waals surface area contributed by atoms with Gasteiger partial charge in [0.05, 0.1) is 6.04 Å². The first-order valence-corrected chi connectivity index (χ1v) is 6.81. The predicted octanol–water partition coefficient (Wildman–Crippen LogP) is 2.86. The van der Waals surface area contributed by atoms with Crippen molar-refractivity contribution >= 4 is 0 Å². The lowest BCUT2D eigenvalue weighted by atomic mass is 10.1. The number of nitrogens with one attached hydrogen (secondary N) is 1. The molecule has 1 unspecified atom stereocenters. The first kappa shape index (κ1) is 12.6. The summed E-state index contributed by atoms with van der Waals surface area (Å²) in [5, 5.41) is 7.55. The lowest BCUT2D eigenvalue weighted by molar-refractivity contribution is 0.324. The van der Waals surface area contributed by atoms with E-state index in [1.807, 2.05) is 0 Å². The molecule has 0 amide bonds. The summed E-state index contributed by atoms with van der Waals surface area (Å²) in [7, 11) is 0. The molecule has 1 aliphatic heterocycles. The molecule has 0 saturated carbocycles. The molecule has 0 spiro atoms. The minimum absolute atomic E-state index is 0.276. The maximum absolute atomic E-state index is 5.37. The van der Waals surface area contributed by atoms with Crippen molar-refractivity contribution in [3.8, 4) is 0 Å². The summed E-state index contributed by atoms with van der Waals surface area (Å²) < 4.78 is 5.37. The summed E-state index contributed by atoms with van der Waals surface area (Å²) in [6.07, 6.45) is 6.97. The topological polar surface area (TPSA) is 51.0 Å². The summed E-state index contributed by atoms with van der Waals surface area (Å²) in [5.74, 6) is 2.33. The molecule has 0 bridgehead atoms. The summed E-state index contributed by atoms with van der Waals surface area (Å²) in [6, 6.07) is 0.276.